The second-order valence-electron chi connectivity index (χ2n) is 5.11. The van der Waals surface area contributed by atoms with Crippen molar-refractivity contribution in [3.63, 3.8) is 0 Å². The van der Waals surface area contributed by atoms with E-state index in [-0.39, 0.29) is 18.6 Å². The van der Waals surface area contributed by atoms with Crippen molar-refractivity contribution in [1.29, 1.82) is 0 Å². The SMILES string of the molecule is CN1CCCC1C(=O)N1CCCC(CO)C1. The minimum Gasteiger partial charge on any atom is -0.396 e. The highest BCUT2D eigenvalue weighted by molar-refractivity contribution is 5.82. The summed E-state index contributed by atoms with van der Waals surface area (Å²) in [5.74, 6) is 0.572. The maximum absolute atomic E-state index is 12.3. The highest BCUT2D eigenvalue weighted by Gasteiger charge is 2.33. The monoisotopic (exact) mass is 226 g/mol. The summed E-state index contributed by atoms with van der Waals surface area (Å²) >= 11 is 0. The van der Waals surface area contributed by atoms with Crippen LogP contribution in [0.3, 0.4) is 0 Å². The topological polar surface area (TPSA) is 43.8 Å². The summed E-state index contributed by atoms with van der Waals surface area (Å²) in [6.07, 6.45) is 4.22. The number of nitrogens with zero attached hydrogens (tertiary/aromatic N) is 2. The van der Waals surface area contributed by atoms with Gasteiger partial charge in [0, 0.05) is 19.7 Å². The smallest absolute Gasteiger partial charge is 0.239 e. The standard InChI is InChI=1S/C12H22N2O2/c1-13-6-3-5-11(13)12(16)14-7-2-4-10(8-14)9-15/h10-11,15H,2-9H2,1H3. The average molecular weight is 226 g/mol. The molecule has 4 heteroatoms. The van der Waals surface area contributed by atoms with Crippen LogP contribution >= 0.6 is 0 Å². The van der Waals surface area contributed by atoms with Crippen LogP contribution in [0.25, 0.3) is 0 Å². The molecule has 2 aliphatic heterocycles. The summed E-state index contributed by atoms with van der Waals surface area (Å²) in [4.78, 5) is 16.4. The molecule has 4 nitrogen and oxygen atoms in total. The first-order valence-electron chi connectivity index (χ1n) is 6.32. The van der Waals surface area contributed by atoms with Crippen LogP contribution in [0.1, 0.15) is 25.7 Å². The van der Waals surface area contributed by atoms with Crippen LogP contribution in [0.2, 0.25) is 0 Å². The molecule has 92 valence electrons. The van der Waals surface area contributed by atoms with Crippen LogP contribution in [0.15, 0.2) is 0 Å². The van der Waals surface area contributed by atoms with Gasteiger partial charge in [-0.25, -0.2) is 0 Å². The Bertz CT molecular complexity index is 257. The Morgan fingerprint density at radius 3 is 2.69 bits per heavy atom. The van der Waals surface area contributed by atoms with E-state index >= 15 is 0 Å². The van der Waals surface area contributed by atoms with Gasteiger partial charge in [0.25, 0.3) is 0 Å². The highest BCUT2D eigenvalue weighted by Crippen LogP contribution is 2.21. The van der Waals surface area contributed by atoms with Gasteiger partial charge in [-0.3, -0.25) is 9.69 Å². The number of likely N-dealkylation sites (tertiary alicyclic amines) is 2. The molecular formula is C12H22N2O2. The van der Waals surface area contributed by atoms with Crippen molar-refractivity contribution in [2.45, 2.75) is 31.7 Å². The number of amides is 1. The minimum absolute atomic E-state index is 0.0949. The van der Waals surface area contributed by atoms with Gasteiger partial charge in [-0.15, -0.1) is 0 Å². The fourth-order valence-electron chi connectivity index (χ4n) is 2.85. The molecule has 1 N–H and O–H groups in total. The molecule has 0 bridgehead atoms. The molecule has 2 aliphatic rings. The van der Waals surface area contributed by atoms with E-state index in [2.05, 4.69) is 4.90 Å². The van der Waals surface area contributed by atoms with Crippen molar-refractivity contribution >= 4 is 5.91 Å². The molecule has 0 aromatic rings. The lowest BCUT2D eigenvalue weighted by Gasteiger charge is -2.34. The van der Waals surface area contributed by atoms with E-state index in [1.807, 2.05) is 11.9 Å². The fraction of sp³-hybridized carbons (Fsp3) is 0.917. The summed E-state index contributed by atoms with van der Waals surface area (Å²) in [6.45, 7) is 2.87. The lowest BCUT2D eigenvalue weighted by atomic mass is 9.98. The highest BCUT2D eigenvalue weighted by atomic mass is 16.3. The Hall–Kier alpha value is -0.610. The van der Waals surface area contributed by atoms with Gasteiger partial charge in [0.1, 0.15) is 0 Å². The van der Waals surface area contributed by atoms with Gasteiger partial charge in [-0.1, -0.05) is 0 Å². The number of hydrogen-bond acceptors (Lipinski definition) is 3. The van der Waals surface area contributed by atoms with Crippen LogP contribution in [-0.4, -0.2) is 60.1 Å². The number of carbonyl (C=O) groups is 1. The molecule has 2 heterocycles. The first-order valence-corrected chi connectivity index (χ1v) is 6.32. The number of aliphatic hydroxyl groups is 1. The predicted octanol–water partition coefficient (Wildman–Crippen LogP) is 0.311. The van der Waals surface area contributed by atoms with E-state index in [0.717, 1.165) is 45.3 Å². The Morgan fingerprint density at radius 1 is 1.31 bits per heavy atom. The molecule has 2 saturated heterocycles. The van der Waals surface area contributed by atoms with Crippen LogP contribution in [0.5, 0.6) is 0 Å². The summed E-state index contributed by atoms with van der Waals surface area (Å²) in [5, 5.41) is 9.16. The number of piperidine rings is 1. The third-order valence-corrected chi connectivity index (χ3v) is 3.89. The summed E-state index contributed by atoms with van der Waals surface area (Å²) in [6, 6.07) is 0.0949. The molecule has 1 amide bonds. The Labute approximate surface area is 97.2 Å². The molecule has 0 aliphatic carbocycles. The van der Waals surface area contributed by atoms with E-state index < -0.39 is 0 Å². The van der Waals surface area contributed by atoms with Crippen molar-refractivity contribution in [2.24, 2.45) is 5.92 Å². The molecule has 0 aromatic heterocycles. The lowest BCUT2D eigenvalue weighted by Crippen LogP contribution is -2.48. The largest absolute Gasteiger partial charge is 0.396 e. The molecule has 0 aromatic carbocycles. The number of aliphatic hydroxyl groups excluding tert-OH is 1. The maximum atomic E-state index is 12.3. The minimum atomic E-state index is 0.0949. The van der Waals surface area contributed by atoms with Gasteiger partial charge in [0.2, 0.25) is 5.91 Å². The summed E-state index contributed by atoms with van der Waals surface area (Å²) in [5.41, 5.74) is 0. The zero-order valence-electron chi connectivity index (χ0n) is 10.1. The van der Waals surface area contributed by atoms with Gasteiger partial charge in [0.05, 0.1) is 6.04 Å². The van der Waals surface area contributed by atoms with Crippen molar-refractivity contribution in [1.82, 2.24) is 9.80 Å². The first-order chi connectivity index (χ1) is 7.72. The third kappa shape index (κ3) is 2.38. The van der Waals surface area contributed by atoms with Gasteiger partial charge < -0.3 is 10.0 Å². The third-order valence-electron chi connectivity index (χ3n) is 3.89. The molecule has 0 saturated carbocycles. The molecular weight excluding hydrogens is 204 g/mol. The summed E-state index contributed by atoms with van der Waals surface area (Å²) < 4.78 is 0. The van der Waals surface area contributed by atoms with Crippen molar-refractivity contribution in [2.75, 3.05) is 33.3 Å². The van der Waals surface area contributed by atoms with Crippen LogP contribution in [0, 0.1) is 5.92 Å². The van der Waals surface area contributed by atoms with E-state index in [1.54, 1.807) is 0 Å². The normalized spacial score (nSPS) is 32.0. The van der Waals surface area contributed by atoms with Gasteiger partial charge >= 0.3 is 0 Å². The van der Waals surface area contributed by atoms with Crippen LogP contribution in [-0.2, 0) is 4.79 Å². The maximum Gasteiger partial charge on any atom is 0.239 e. The molecule has 2 fully saturated rings. The van der Waals surface area contributed by atoms with Crippen LogP contribution < -0.4 is 0 Å². The number of likely N-dealkylation sites (N-methyl/N-ethyl adjacent to an activating group) is 1. The predicted molar refractivity (Wildman–Crippen MR) is 62.0 cm³/mol. The van der Waals surface area contributed by atoms with E-state index in [0.29, 0.717) is 5.92 Å². The number of carbonyl (C=O) groups excluding carboxylic acids is 1. The zero-order valence-corrected chi connectivity index (χ0v) is 10.1. The van der Waals surface area contributed by atoms with Crippen molar-refractivity contribution in [3.8, 4) is 0 Å². The molecule has 0 spiro atoms. The van der Waals surface area contributed by atoms with Gasteiger partial charge in [0.15, 0.2) is 0 Å². The van der Waals surface area contributed by atoms with Gasteiger partial charge in [-0.2, -0.15) is 0 Å². The Morgan fingerprint density at radius 2 is 2.06 bits per heavy atom. The molecule has 2 atom stereocenters. The first kappa shape index (κ1) is 11.9. The second kappa shape index (κ2) is 5.15. The molecule has 2 unspecified atom stereocenters. The van der Waals surface area contributed by atoms with Gasteiger partial charge in [-0.05, 0) is 45.2 Å². The average Bonchev–Trinajstić information content (AvgIpc) is 2.74. The zero-order chi connectivity index (χ0) is 11.5. The lowest BCUT2D eigenvalue weighted by molar-refractivity contribution is -0.137. The molecule has 0 radical (unpaired) electrons. The van der Waals surface area contributed by atoms with Crippen molar-refractivity contribution < 1.29 is 9.90 Å². The van der Waals surface area contributed by atoms with Crippen molar-refractivity contribution in [3.05, 3.63) is 0 Å². The molecule has 16 heavy (non-hydrogen) atoms. The van der Waals surface area contributed by atoms with E-state index in [9.17, 15) is 4.79 Å². The number of rotatable bonds is 2. The molecule has 2 rings (SSSR count). The Kier molecular flexibility index (Phi) is 3.82. The summed E-state index contributed by atoms with van der Waals surface area (Å²) in [7, 11) is 2.03. The van der Waals surface area contributed by atoms with E-state index in [1.165, 1.54) is 0 Å². The quantitative estimate of drug-likeness (QED) is 0.737. The van der Waals surface area contributed by atoms with Crippen LogP contribution in [0.4, 0.5) is 0 Å². The fourth-order valence-corrected chi connectivity index (χ4v) is 2.85. The Balaban J connectivity index is 1.93. The van der Waals surface area contributed by atoms with E-state index in [4.69, 9.17) is 5.11 Å². The second-order valence-corrected chi connectivity index (χ2v) is 5.11. The number of hydrogen-bond donors (Lipinski definition) is 1.